The molecule has 2 rings (SSSR count). The monoisotopic (exact) mass is 278 g/mol. The number of hydrogen-bond donors (Lipinski definition) is 1. The maximum absolute atomic E-state index is 13.1. The van der Waals surface area contributed by atoms with E-state index in [9.17, 15) is 9.18 Å². The smallest absolute Gasteiger partial charge is 0.317 e. The molecule has 0 atom stereocenters. The molecule has 0 unspecified atom stereocenters. The molecule has 110 valence electrons. The Labute approximate surface area is 120 Å². The van der Waals surface area contributed by atoms with Crippen molar-refractivity contribution in [3.63, 3.8) is 0 Å². The lowest BCUT2D eigenvalue weighted by Crippen LogP contribution is -2.42. The highest BCUT2D eigenvalue weighted by Crippen LogP contribution is 2.17. The number of carbonyl (C=O) groups excluding carboxylic acids is 1. The molecule has 1 aliphatic carbocycles. The third-order valence-corrected chi connectivity index (χ3v) is 3.84. The van der Waals surface area contributed by atoms with Gasteiger partial charge in [-0.25, -0.2) is 9.18 Å². The second kappa shape index (κ2) is 7.27. The minimum Gasteiger partial charge on any atom is -0.335 e. The van der Waals surface area contributed by atoms with Crippen LogP contribution in [0, 0.1) is 5.82 Å². The summed E-state index contributed by atoms with van der Waals surface area (Å²) in [6.45, 7) is 0.427. The van der Waals surface area contributed by atoms with Crippen LogP contribution in [0.2, 0.25) is 0 Å². The van der Waals surface area contributed by atoms with Crippen molar-refractivity contribution in [1.29, 1.82) is 0 Å². The second-order valence-electron chi connectivity index (χ2n) is 5.62. The molecule has 3 nitrogen and oxygen atoms in total. The highest BCUT2D eigenvalue weighted by molar-refractivity contribution is 5.74. The Balaban J connectivity index is 1.85. The van der Waals surface area contributed by atoms with E-state index in [1.54, 1.807) is 18.0 Å². The van der Waals surface area contributed by atoms with Crippen molar-refractivity contribution in [2.45, 2.75) is 51.1 Å². The van der Waals surface area contributed by atoms with Crippen LogP contribution in [0.5, 0.6) is 0 Å². The molecule has 0 aliphatic heterocycles. The van der Waals surface area contributed by atoms with Crippen molar-refractivity contribution in [3.8, 4) is 0 Å². The third-order valence-electron chi connectivity index (χ3n) is 3.84. The molecular formula is C16H23FN2O. The first kappa shape index (κ1) is 14.8. The van der Waals surface area contributed by atoms with E-state index in [-0.39, 0.29) is 11.8 Å². The fourth-order valence-corrected chi connectivity index (χ4v) is 2.69. The lowest BCUT2D eigenvalue weighted by Gasteiger charge is -2.22. The summed E-state index contributed by atoms with van der Waals surface area (Å²) in [6, 6.07) is 6.60. The normalized spacial score (nSPS) is 16.5. The predicted octanol–water partition coefficient (Wildman–Crippen LogP) is 3.69. The lowest BCUT2D eigenvalue weighted by molar-refractivity contribution is 0.201. The van der Waals surface area contributed by atoms with Gasteiger partial charge in [-0.05, 0) is 30.5 Å². The zero-order chi connectivity index (χ0) is 14.4. The van der Waals surface area contributed by atoms with Gasteiger partial charge in [-0.1, -0.05) is 37.8 Å². The van der Waals surface area contributed by atoms with Gasteiger partial charge in [0.05, 0.1) is 0 Å². The first-order valence-corrected chi connectivity index (χ1v) is 7.41. The van der Waals surface area contributed by atoms with Crippen LogP contribution in [0.25, 0.3) is 0 Å². The van der Waals surface area contributed by atoms with Crippen LogP contribution < -0.4 is 5.32 Å². The molecule has 0 saturated heterocycles. The van der Waals surface area contributed by atoms with Crippen molar-refractivity contribution >= 4 is 6.03 Å². The molecule has 0 radical (unpaired) electrons. The summed E-state index contributed by atoms with van der Waals surface area (Å²) in [6.07, 6.45) is 7.06. The Morgan fingerprint density at radius 2 is 2.00 bits per heavy atom. The third kappa shape index (κ3) is 4.51. The van der Waals surface area contributed by atoms with E-state index in [4.69, 9.17) is 0 Å². The van der Waals surface area contributed by atoms with E-state index in [1.165, 1.54) is 37.8 Å². The van der Waals surface area contributed by atoms with Gasteiger partial charge < -0.3 is 10.2 Å². The van der Waals surface area contributed by atoms with Crippen molar-refractivity contribution in [2.24, 2.45) is 0 Å². The summed E-state index contributed by atoms with van der Waals surface area (Å²) >= 11 is 0. The Kier molecular flexibility index (Phi) is 5.39. The molecule has 1 aromatic rings. The van der Waals surface area contributed by atoms with Crippen LogP contribution >= 0.6 is 0 Å². The van der Waals surface area contributed by atoms with Crippen LogP contribution in [0.15, 0.2) is 24.3 Å². The van der Waals surface area contributed by atoms with Gasteiger partial charge in [0.15, 0.2) is 0 Å². The molecule has 0 spiro atoms. The highest BCUT2D eigenvalue weighted by Gasteiger charge is 2.17. The number of urea groups is 1. The number of benzene rings is 1. The average molecular weight is 278 g/mol. The number of rotatable bonds is 3. The topological polar surface area (TPSA) is 32.3 Å². The second-order valence-corrected chi connectivity index (χ2v) is 5.62. The molecule has 0 aromatic heterocycles. The summed E-state index contributed by atoms with van der Waals surface area (Å²) in [5, 5.41) is 3.09. The van der Waals surface area contributed by atoms with Crippen LogP contribution in [0.4, 0.5) is 9.18 Å². The van der Waals surface area contributed by atoms with Gasteiger partial charge in [0.2, 0.25) is 0 Å². The number of nitrogens with zero attached hydrogens (tertiary/aromatic N) is 1. The highest BCUT2D eigenvalue weighted by atomic mass is 19.1. The van der Waals surface area contributed by atoms with Gasteiger partial charge >= 0.3 is 6.03 Å². The quantitative estimate of drug-likeness (QED) is 0.840. The van der Waals surface area contributed by atoms with E-state index >= 15 is 0 Å². The molecule has 1 fully saturated rings. The van der Waals surface area contributed by atoms with Gasteiger partial charge in [-0.3, -0.25) is 0 Å². The number of carbonyl (C=O) groups is 1. The molecule has 1 saturated carbocycles. The molecule has 20 heavy (non-hydrogen) atoms. The number of amides is 2. The summed E-state index contributed by atoms with van der Waals surface area (Å²) in [5.74, 6) is -0.264. The van der Waals surface area contributed by atoms with Crippen molar-refractivity contribution in [2.75, 3.05) is 7.05 Å². The zero-order valence-electron chi connectivity index (χ0n) is 12.1. The maximum atomic E-state index is 13.1. The van der Waals surface area contributed by atoms with Gasteiger partial charge in [0.25, 0.3) is 0 Å². The first-order chi connectivity index (χ1) is 9.65. The van der Waals surface area contributed by atoms with Crippen LogP contribution in [0.1, 0.15) is 44.1 Å². The zero-order valence-corrected chi connectivity index (χ0v) is 12.1. The Bertz CT molecular complexity index is 442. The molecular weight excluding hydrogens is 255 g/mol. The molecule has 1 aromatic carbocycles. The summed E-state index contributed by atoms with van der Waals surface area (Å²) < 4.78 is 13.1. The minimum atomic E-state index is -0.264. The van der Waals surface area contributed by atoms with Crippen molar-refractivity contribution in [1.82, 2.24) is 10.2 Å². The van der Waals surface area contributed by atoms with E-state index in [0.717, 1.165) is 18.4 Å². The molecule has 2 amide bonds. The van der Waals surface area contributed by atoms with E-state index in [1.807, 2.05) is 6.07 Å². The average Bonchev–Trinajstić information content (AvgIpc) is 2.67. The van der Waals surface area contributed by atoms with Gasteiger partial charge in [0, 0.05) is 19.6 Å². The summed E-state index contributed by atoms with van der Waals surface area (Å²) in [7, 11) is 1.75. The fourth-order valence-electron chi connectivity index (χ4n) is 2.69. The Morgan fingerprint density at radius 1 is 1.30 bits per heavy atom. The molecule has 0 bridgehead atoms. The van der Waals surface area contributed by atoms with Gasteiger partial charge in [-0.2, -0.15) is 0 Å². The Morgan fingerprint density at radius 3 is 2.65 bits per heavy atom. The minimum absolute atomic E-state index is 0.0684. The van der Waals surface area contributed by atoms with Gasteiger partial charge in [-0.15, -0.1) is 0 Å². The maximum Gasteiger partial charge on any atom is 0.317 e. The lowest BCUT2D eigenvalue weighted by atomic mass is 10.1. The van der Waals surface area contributed by atoms with E-state index in [2.05, 4.69) is 5.32 Å². The molecule has 0 heterocycles. The van der Waals surface area contributed by atoms with E-state index < -0.39 is 0 Å². The van der Waals surface area contributed by atoms with Crippen LogP contribution in [-0.4, -0.2) is 24.0 Å². The standard InChI is InChI=1S/C16H23FN2O/c1-19(12-13-7-6-8-14(17)11-13)16(20)18-15-9-4-2-3-5-10-15/h6-8,11,15H,2-5,9-10,12H2,1H3,(H,18,20). The Hall–Kier alpha value is -1.58. The molecule has 1 N–H and O–H groups in total. The van der Waals surface area contributed by atoms with Crippen molar-refractivity contribution < 1.29 is 9.18 Å². The fraction of sp³-hybridized carbons (Fsp3) is 0.562. The molecule has 1 aliphatic rings. The summed E-state index contributed by atoms with van der Waals surface area (Å²) in [5.41, 5.74) is 0.809. The summed E-state index contributed by atoms with van der Waals surface area (Å²) in [4.78, 5) is 13.7. The number of hydrogen-bond acceptors (Lipinski definition) is 1. The van der Waals surface area contributed by atoms with Crippen LogP contribution in [0.3, 0.4) is 0 Å². The predicted molar refractivity (Wildman–Crippen MR) is 77.9 cm³/mol. The van der Waals surface area contributed by atoms with Crippen LogP contribution in [-0.2, 0) is 6.54 Å². The molecule has 4 heteroatoms. The van der Waals surface area contributed by atoms with Crippen molar-refractivity contribution in [3.05, 3.63) is 35.6 Å². The number of halogens is 1. The van der Waals surface area contributed by atoms with Gasteiger partial charge in [0.1, 0.15) is 5.82 Å². The first-order valence-electron chi connectivity index (χ1n) is 7.41. The van der Waals surface area contributed by atoms with E-state index in [0.29, 0.717) is 12.6 Å². The number of nitrogens with one attached hydrogen (secondary N) is 1. The largest absolute Gasteiger partial charge is 0.335 e. The SMILES string of the molecule is CN(Cc1cccc(F)c1)C(=O)NC1CCCCCC1.